The van der Waals surface area contributed by atoms with Crippen molar-refractivity contribution in [1.82, 2.24) is 9.88 Å². The third-order valence-electron chi connectivity index (χ3n) is 6.78. The number of aliphatic hydroxyl groups is 1. The Morgan fingerprint density at radius 3 is 2.83 bits per heavy atom. The van der Waals surface area contributed by atoms with Gasteiger partial charge in [0.2, 0.25) is 0 Å². The van der Waals surface area contributed by atoms with E-state index in [0.29, 0.717) is 18.5 Å². The topological polar surface area (TPSA) is 84.0 Å². The van der Waals surface area contributed by atoms with Crippen LogP contribution < -0.4 is 4.74 Å². The Balaban J connectivity index is 1.82. The van der Waals surface area contributed by atoms with Gasteiger partial charge in [-0.2, -0.15) is 0 Å². The molecule has 2 aliphatic rings. The van der Waals surface area contributed by atoms with E-state index in [1.54, 1.807) is 7.11 Å². The Hall–Kier alpha value is -2.51. The molecule has 0 amide bonds. The molecule has 1 aromatic carbocycles. The van der Waals surface area contributed by atoms with Crippen LogP contribution in [0.3, 0.4) is 0 Å². The summed E-state index contributed by atoms with van der Waals surface area (Å²) in [5.41, 5.74) is 2.11. The monoisotopic (exact) mass is 414 g/mol. The van der Waals surface area contributed by atoms with Crippen molar-refractivity contribution in [1.29, 1.82) is 0 Å². The van der Waals surface area contributed by atoms with E-state index in [1.165, 1.54) is 20.5 Å². The third kappa shape index (κ3) is 3.08. The molecule has 0 saturated carbocycles. The van der Waals surface area contributed by atoms with Gasteiger partial charge in [-0.1, -0.05) is 19.4 Å². The summed E-state index contributed by atoms with van der Waals surface area (Å²) in [7, 11) is 4.56. The zero-order valence-electron chi connectivity index (χ0n) is 18.0. The summed E-state index contributed by atoms with van der Waals surface area (Å²) in [6.07, 6.45) is 3.58. The molecule has 0 bridgehead atoms. The summed E-state index contributed by atoms with van der Waals surface area (Å²) >= 11 is 0. The van der Waals surface area contributed by atoms with E-state index in [9.17, 15) is 9.90 Å². The van der Waals surface area contributed by atoms with Crippen LogP contribution in [0.4, 0.5) is 0 Å². The Morgan fingerprint density at radius 1 is 1.37 bits per heavy atom. The van der Waals surface area contributed by atoms with E-state index < -0.39 is 11.7 Å². The van der Waals surface area contributed by atoms with Gasteiger partial charge in [0.1, 0.15) is 5.75 Å². The maximum absolute atomic E-state index is 12.5. The molecular weight excluding hydrogens is 384 g/mol. The Bertz CT molecular complexity index is 981. The van der Waals surface area contributed by atoms with Crippen molar-refractivity contribution in [3.05, 3.63) is 41.3 Å². The van der Waals surface area contributed by atoms with Crippen LogP contribution in [0.2, 0.25) is 0 Å². The second-order valence-electron chi connectivity index (χ2n) is 8.15. The number of aromatic nitrogens is 1. The molecule has 0 aliphatic carbocycles. The van der Waals surface area contributed by atoms with Crippen LogP contribution in [-0.2, 0) is 26.4 Å². The Kier molecular flexibility index (Phi) is 5.51. The highest BCUT2D eigenvalue weighted by molar-refractivity contribution is 5.91. The highest BCUT2D eigenvalue weighted by Gasteiger charge is 2.51. The lowest BCUT2D eigenvalue weighted by molar-refractivity contribution is -0.174. The average Bonchev–Trinajstić information content (AvgIpc) is 3.16. The van der Waals surface area contributed by atoms with Crippen molar-refractivity contribution in [2.24, 2.45) is 11.8 Å². The number of esters is 1. The molecule has 1 fully saturated rings. The van der Waals surface area contributed by atoms with Crippen LogP contribution in [0.1, 0.15) is 31.0 Å². The molecule has 4 rings (SSSR count). The molecule has 0 radical (unpaired) electrons. The number of carbonyl (C=O) groups excluding carboxylic acids is 1. The van der Waals surface area contributed by atoms with Gasteiger partial charge < -0.3 is 24.3 Å². The van der Waals surface area contributed by atoms with Gasteiger partial charge in [-0.15, -0.1) is 0 Å². The van der Waals surface area contributed by atoms with E-state index in [0.717, 1.165) is 47.3 Å². The smallest absolute Gasteiger partial charge is 0.337 e. The van der Waals surface area contributed by atoms with E-state index in [-0.39, 0.29) is 11.8 Å². The number of hydrogen-bond acceptors (Lipinski definition) is 6. The number of ether oxygens (including phenoxy) is 3. The fourth-order valence-corrected chi connectivity index (χ4v) is 5.30. The maximum atomic E-state index is 12.5. The zero-order chi connectivity index (χ0) is 21.5. The number of nitrogens with zero attached hydrogens (tertiary/aromatic N) is 1. The standard InChI is InChI=1S/C23H30N2O5/c1-5-14-12-25-10-9-15-20-18(7-6-8-19(20)29-3)24-21(15)23(25,27)11-16(14)17(13-28-2)22(26)30-4/h6-8,13-14,16,24,27H,5,9-12H2,1-4H3/b17-13+/t14?,16-,23?/m0/s1. The number of benzene rings is 1. The predicted octanol–water partition coefficient (Wildman–Crippen LogP) is 2.93. The number of H-pyrrole nitrogens is 1. The van der Waals surface area contributed by atoms with Crippen molar-refractivity contribution in [3.63, 3.8) is 0 Å². The molecule has 1 saturated heterocycles. The lowest BCUT2D eigenvalue weighted by Gasteiger charge is -2.51. The van der Waals surface area contributed by atoms with Crippen LogP contribution in [-0.4, -0.2) is 55.4 Å². The summed E-state index contributed by atoms with van der Waals surface area (Å²) in [5.74, 6) is 0.427. The summed E-state index contributed by atoms with van der Waals surface area (Å²) in [4.78, 5) is 18.1. The van der Waals surface area contributed by atoms with E-state index in [1.807, 2.05) is 18.2 Å². The molecule has 0 spiro atoms. The van der Waals surface area contributed by atoms with E-state index in [2.05, 4.69) is 16.8 Å². The highest BCUT2D eigenvalue weighted by atomic mass is 16.5. The van der Waals surface area contributed by atoms with Crippen molar-refractivity contribution >= 4 is 16.9 Å². The van der Waals surface area contributed by atoms with Gasteiger partial charge in [-0.05, 0) is 30.0 Å². The van der Waals surface area contributed by atoms with Crippen LogP contribution in [0, 0.1) is 11.8 Å². The summed E-state index contributed by atoms with van der Waals surface area (Å²) in [5, 5.41) is 13.0. The van der Waals surface area contributed by atoms with E-state index in [4.69, 9.17) is 14.2 Å². The summed E-state index contributed by atoms with van der Waals surface area (Å²) < 4.78 is 15.8. The molecule has 2 unspecified atom stereocenters. The van der Waals surface area contributed by atoms with Crippen LogP contribution in [0.5, 0.6) is 5.75 Å². The van der Waals surface area contributed by atoms with Gasteiger partial charge in [-0.3, -0.25) is 4.90 Å². The van der Waals surface area contributed by atoms with Crippen molar-refractivity contribution < 1.29 is 24.1 Å². The number of rotatable bonds is 5. The number of carbonyl (C=O) groups is 1. The Morgan fingerprint density at radius 2 is 2.17 bits per heavy atom. The summed E-state index contributed by atoms with van der Waals surface area (Å²) in [6.45, 7) is 3.56. The number of nitrogens with one attached hydrogen (secondary N) is 1. The quantitative estimate of drug-likeness (QED) is 0.445. The van der Waals surface area contributed by atoms with Crippen molar-refractivity contribution in [3.8, 4) is 5.75 Å². The molecule has 3 atom stereocenters. The second-order valence-corrected chi connectivity index (χ2v) is 8.15. The molecule has 2 N–H and O–H groups in total. The minimum Gasteiger partial charge on any atom is -0.504 e. The second kappa shape index (κ2) is 7.96. The first-order valence-electron chi connectivity index (χ1n) is 10.4. The van der Waals surface area contributed by atoms with Gasteiger partial charge >= 0.3 is 5.97 Å². The molecule has 2 aromatic rings. The molecular formula is C23H30N2O5. The number of fused-ring (bicyclic) bond motifs is 5. The SMILES string of the molecule is CCC1CN2CCc3c([nH]c4cccc(OC)c34)C2(O)C[C@@H]1/C(=C\OC)C(=O)OC. The van der Waals surface area contributed by atoms with Gasteiger partial charge in [0.05, 0.1) is 38.9 Å². The maximum Gasteiger partial charge on any atom is 0.337 e. The first-order valence-corrected chi connectivity index (χ1v) is 10.4. The number of piperidine rings is 1. The van der Waals surface area contributed by atoms with Gasteiger partial charge in [0, 0.05) is 36.3 Å². The zero-order valence-corrected chi connectivity index (χ0v) is 18.0. The van der Waals surface area contributed by atoms with Crippen LogP contribution in [0.15, 0.2) is 30.0 Å². The van der Waals surface area contributed by atoms with Gasteiger partial charge in [0.15, 0.2) is 5.72 Å². The lowest BCUT2D eigenvalue weighted by atomic mass is 9.72. The largest absolute Gasteiger partial charge is 0.504 e. The third-order valence-corrected chi connectivity index (χ3v) is 6.78. The summed E-state index contributed by atoms with van der Waals surface area (Å²) in [6, 6.07) is 5.89. The molecule has 2 aliphatic heterocycles. The van der Waals surface area contributed by atoms with Crippen molar-refractivity contribution in [2.45, 2.75) is 31.9 Å². The van der Waals surface area contributed by atoms with Gasteiger partial charge in [-0.25, -0.2) is 4.79 Å². The van der Waals surface area contributed by atoms with E-state index >= 15 is 0 Å². The minimum absolute atomic E-state index is 0.178. The number of aromatic amines is 1. The number of methoxy groups -OCH3 is 3. The molecule has 162 valence electrons. The van der Waals surface area contributed by atoms with Crippen LogP contribution in [0.25, 0.3) is 10.9 Å². The fourth-order valence-electron chi connectivity index (χ4n) is 5.30. The first kappa shape index (κ1) is 20.8. The van der Waals surface area contributed by atoms with Crippen molar-refractivity contribution in [2.75, 3.05) is 34.4 Å². The number of hydrogen-bond donors (Lipinski definition) is 2. The lowest BCUT2D eigenvalue weighted by Crippen LogP contribution is -2.58. The first-order chi connectivity index (χ1) is 14.5. The molecule has 7 nitrogen and oxygen atoms in total. The highest BCUT2D eigenvalue weighted by Crippen LogP contribution is 2.49. The normalized spacial score (nSPS) is 26.8. The molecule has 1 aromatic heterocycles. The minimum atomic E-state index is -1.20. The molecule has 30 heavy (non-hydrogen) atoms. The average molecular weight is 415 g/mol. The van der Waals surface area contributed by atoms with Crippen LogP contribution >= 0.6 is 0 Å². The predicted molar refractivity (Wildman–Crippen MR) is 113 cm³/mol. The molecule has 3 heterocycles. The van der Waals surface area contributed by atoms with Gasteiger partial charge in [0.25, 0.3) is 0 Å². The molecule has 7 heteroatoms. The fraction of sp³-hybridized carbons (Fsp3) is 0.522. The Labute approximate surface area is 176 Å².